The molecule has 0 aliphatic carbocycles. The Balaban J connectivity index is 1.50. The first kappa shape index (κ1) is 20.4. The van der Waals surface area contributed by atoms with Crippen LogP contribution in [0.2, 0.25) is 0 Å². The molecule has 9 heteroatoms. The van der Waals surface area contributed by atoms with Gasteiger partial charge in [0.05, 0.1) is 23.6 Å². The number of benzene rings is 2. The number of aromatic amines is 1. The molecule has 0 saturated heterocycles. The maximum absolute atomic E-state index is 12.8. The summed E-state index contributed by atoms with van der Waals surface area (Å²) in [5, 5.41) is 16.8. The molecule has 8 nitrogen and oxygen atoms in total. The lowest BCUT2D eigenvalue weighted by Gasteiger charge is -2.00. The standard InChI is InChI=1S/C22H20N6O2S/c1-14-21(26-25-18-10-8-17(9-11-18)23-15(2)29)22(30)28(27-14)12-20-24-19(13-31-20)16-6-4-3-5-7-16/h3-11,13,27H,12H2,1-2H3,(H,23,29). The molecule has 0 aliphatic rings. The number of hydrogen-bond acceptors (Lipinski definition) is 6. The SMILES string of the molecule is CC(=O)Nc1ccc(N=Nc2c(C)[nH]n(Cc3nc(-c4ccccc4)cs3)c2=O)cc1. The number of thiazole rings is 1. The second kappa shape index (κ2) is 8.88. The van der Waals surface area contributed by atoms with E-state index in [-0.39, 0.29) is 17.2 Å². The average molecular weight is 433 g/mol. The van der Waals surface area contributed by atoms with Crippen LogP contribution in [0, 0.1) is 6.92 Å². The van der Waals surface area contributed by atoms with Gasteiger partial charge in [0.25, 0.3) is 5.56 Å². The van der Waals surface area contributed by atoms with E-state index in [1.807, 2.05) is 35.7 Å². The summed E-state index contributed by atoms with van der Waals surface area (Å²) in [6.07, 6.45) is 0. The van der Waals surface area contributed by atoms with E-state index in [1.165, 1.54) is 22.9 Å². The topological polar surface area (TPSA) is 104 Å². The Hall–Kier alpha value is -3.85. The van der Waals surface area contributed by atoms with Crippen LogP contribution in [0.3, 0.4) is 0 Å². The van der Waals surface area contributed by atoms with Gasteiger partial charge in [-0.2, -0.15) is 5.11 Å². The quantitative estimate of drug-likeness (QED) is 0.417. The van der Waals surface area contributed by atoms with Crippen LogP contribution in [0.25, 0.3) is 11.3 Å². The highest BCUT2D eigenvalue weighted by atomic mass is 32.1. The molecule has 31 heavy (non-hydrogen) atoms. The van der Waals surface area contributed by atoms with Crippen LogP contribution in [0.4, 0.5) is 17.1 Å². The van der Waals surface area contributed by atoms with Crippen molar-refractivity contribution in [2.24, 2.45) is 10.2 Å². The van der Waals surface area contributed by atoms with Crippen LogP contribution in [0.1, 0.15) is 17.6 Å². The number of nitrogens with zero attached hydrogens (tertiary/aromatic N) is 4. The van der Waals surface area contributed by atoms with Crippen LogP contribution in [0.5, 0.6) is 0 Å². The number of nitrogens with one attached hydrogen (secondary N) is 2. The van der Waals surface area contributed by atoms with Crippen molar-refractivity contribution in [3.63, 3.8) is 0 Å². The number of anilines is 1. The molecule has 0 saturated carbocycles. The number of hydrogen-bond donors (Lipinski definition) is 2. The zero-order chi connectivity index (χ0) is 21.8. The Morgan fingerprint density at radius 2 is 1.87 bits per heavy atom. The molecule has 1 amide bonds. The molecule has 156 valence electrons. The molecule has 2 heterocycles. The maximum atomic E-state index is 12.8. The molecule has 0 unspecified atom stereocenters. The molecule has 0 spiro atoms. The molecule has 0 radical (unpaired) electrons. The molecule has 0 fully saturated rings. The minimum absolute atomic E-state index is 0.144. The Morgan fingerprint density at radius 3 is 2.58 bits per heavy atom. The monoisotopic (exact) mass is 432 g/mol. The van der Waals surface area contributed by atoms with Gasteiger partial charge in [-0.05, 0) is 31.2 Å². The Kier molecular flexibility index (Phi) is 5.85. The lowest BCUT2D eigenvalue weighted by Crippen LogP contribution is -2.17. The van der Waals surface area contributed by atoms with E-state index in [1.54, 1.807) is 31.2 Å². The molecular formula is C22H20N6O2S. The smallest absolute Gasteiger partial charge is 0.294 e. The van der Waals surface area contributed by atoms with Gasteiger partial charge in [0.1, 0.15) is 5.01 Å². The summed E-state index contributed by atoms with van der Waals surface area (Å²) in [6, 6.07) is 16.8. The van der Waals surface area contributed by atoms with Crippen LogP contribution in [0.15, 0.2) is 75.0 Å². The van der Waals surface area contributed by atoms with E-state index in [9.17, 15) is 9.59 Å². The summed E-state index contributed by atoms with van der Waals surface area (Å²) in [5.41, 5.74) is 3.80. The first-order valence-corrected chi connectivity index (χ1v) is 10.5. The highest BCUT2D eigenvalue weighted by molar-refractivity contribution is 7.09. The highest BCUT2D eigenvalue weighted by Gasteiger charge is 2.13. The highest BCUT2D eigenvalue weighted by Crippen LogP contribution is 2.23. The van der Waals surface area contributed by atoms with E-state index in [0.29, 0.717) is 23.6 Å². The van der Waals surface area contributed by atoms with Crippen molar-refractivity contribution in [3.8, 4) is 11.3 Å². The van der Waals surface area contributed by atoms with Crippen LogP contribution < -0.4 is 10.9 Å². The minimum atomic E-state index is -0.257. The normalized spacial score (nSPS) is 11.2. The van der Waals surface area contributed by atoms with Crippen molar-refractivity contribution in [2.45, 2.75) is 20.4 Å². The van der Waals surface area contributed by atoms with E-state index in [4.69, 9.17) is 0 Å². The van der Waals surface area contributed by atoms with Crippen molar-refractivity contribution in [1.29, 1.82) is 0 Å². The Bertz CT molecular complexity index is 1290. The van der Waals surface area contributed by atoms with Gasteiger partial charge in [-0.25, -0.2) is 9.67 Å². The predicted molar refractivity (Wildman–Crippen MR) is 121 cm³/mol. The zero-order valence-corrected chi connectivity index (χ0v) is 17.8. The van der Waals surface area contributed by atoms with E-state index in [0.717, 1.165) is 16.3 Å². The van der Waals surface area contributed by atoms with Crippen LogP contribution in [-0.4, -0.2) is 20.7 Å². The zero-order valence-electron chi connectivity index (χ0n) is 17.0. The molecule has 4 rings (SSSR count). The Labute approximate surface area is 182 Å². The van der Waals surface area contributed by atoms with Crippen LogP contribution >= 0.6 is 11.3 Å². The molecule has 0 bridgehead atoms. The van der Waals surface area contributed by atoms with Crippen molar-refractivity contribution in [1.82, 2.24) is 14.8 Å². The van der Waals surface area contributed by atoms with Gasteiger partial charge >= 0.3 is 0 Å². The third kappa shape index (κ3) is 4.84. The van der Waals surface area contributed by atoms with Gasteiger partial charge in [-0.3, -0.25) is 14.7 Å². The second-order valence-electron chi connectivity index (χ2n) is 6.90. The van der Waals surface area contributed by atoms with Gasteiger partial charge in [-0.1, -0.05) is 30.3 Å². The van der Waals surface area contributed by atoms with E-state index in [2.05, 4.69) is 25.6 Å². The fraction of sp³-hybridized carbons (Fsp3) is 0.136. The second-order valence-corrected chi connectivity index (χ2v) is 7.84. The van der Waals surface area contributed by atoms with Crippen molar-refractivity contribution in [3.05, 3.63) is 81.0 Å². The number of aryl methyl sites for hydroxylation is 1. The maximum Gasteiger partial charge on any atom is 0.294 e. The van der Waals surface area contributed by atoms with Crippen LogP contribution in [-0.2, 0) is 11.3 Å². The largest absolute Gasteiger partial charge is 0.326 e. The Morgan fingerprint density at radius 1 is 1.13 bits per heavy atom. The summed E-state index contributed by atoms with van der Waals surface area (Å²) in [7, 11) is 0. The van der Waals surface area contributed by atoms with Crippen molar-refractivity contribution < 1.29 is 4.79 Å². The van der Waals surface area contributed by atoms with Crippen molar-refractivity contribution >= 4 is 34.3 Å². The van der Waals surface area contributed by atoms with E-state index >= 15 is 0 Å². The molecule has 0 atom stereocenters. The third-order valence-electron chi connectivity index (χ3n) is 4.47. The number of aromatic nitrogens is 3. The number of rotatable bonds is 6. The minimum Gasteiger partial charge on any atom is -0.326 e. The number of carbonyl (C=O) groups excluding carboxylic acids is 1. The molecular weight excluding hydrogens is 412 g/mol. The summed E-state index contributed by atoms with van der Waals surface area (Å²) >= 11 is 1.50. The number of amides is 1. The molecule has 4 aromatic rings. The molecule has 0 aliphatic heterocycles. The third-order valence-corrected chi connectivity index (χ3v) is 5.31. The molecule has 2 N–H and O–H groups in total. The average Bonchev–Trinajstić information content (AvgIpc) is 3.33. The number of carbonyl (C=O) groups is 1. The summed E-state index contributed by atoms with van der Waals surface area (Å²) < 4.78 is 1.48. The lowest BCUT2D eigenvalue weighted by atomic mass is 10.2. The summed E-state index contributed by atoms with van der Waals surface area (Å²) in [6.45, 7) is 3.56. The first-order valence-electron chi connectivity index (χ1n) is 9.58. The van der Waals surface area contributed by atoms with E-state index < -0.39 is 0 Å². The lowest BCUT2D eigenvalue weighted by molar-refractivity contribution is -0.114. The summed E-state index contributed by atoms with van der Waals surface area (Å²) in [5.74, 6) is -0.144. The van der Waals surface area contributed by atoms with Crippen molar-refractivity contribution in [2.75, 3.05) is 5.32 Å². The van der Waals surface area contributed by atoms with Gasteiger partial charge in [-0.15, -0.1) is 16.5 Å². The first-order chi connectivity index (χ1) is 15.0. The van der Waals surface area contributed by atoms with Gasteiger partial charge < -0.3 is 5.32 Å². The molecule has 2 aromatic heterocycles. The molecule has 2 aromatic carbocycles. The predicted octanol–water partition coefficient (Wildman–Crippen LogP) is 5.03. The fourth-order valence-corrected chi connectivity index (χ4v) is 3.80. The fourth-order valence-electron chi connectivity index (χ4n) is 3.01. The summed E-state index contributed by atoms with van der Waals surface area (Å²) in [4.78, 5) is 28.5. The number of H-pyrrole nitrogens is 1. The van der Waals surface area contributed by atoms with Gasteiger partial charge in [0.15, 0.2) is 5.69 Å². The van der Waals surface area contributed by atoms with Gasteiger partial charge in [0, 0.05) is 23.6 Å². The number of azo groups is 1. The van der Waals surface area contributed by atoms with Gasteiger partial charge in [0.2, 0.25) is 5.91 Å².